The number of nitrogens with one attached hydrogen (secondary N) is 4. The summed E-state index contributed by atoms with van der Waals surface area (Å²) in [5.74, 6) is 5.48. The lowest BCUT2D eigenvalue weighted by molar-refractivity contribution is 0.764. The molecule has 36 N–H and O–H groups in total. The van der Waals surface area contributed by atoms with Crippen LogP contribution in [0.4, 0.5) is 154 Å². The molecule has 48 heteroatoms. The minimum absolute atomic E-state index is 0.0981. The fourth-order valence-electron chi connectivity index (χ4n) is 11.7. The topological polar surface area (TPSA) is 787 Å². The third-order valence-corrected chi connectivity index (χ3v) is 18.1. The molecule has 0 amide bonds. The zero-order valence-electron chi connectivity index (χ0n) is 75.3. The highest BCUT2D eigenvalue weighted by Gasteiger charge is 2.14. The average molecular weight is 1840 g/mol. The summed E-state index contributed by atoms with van der Waals surface area (Å²) in [7, 11) is 7.53. The van der Waals surface area contributed by atoms with E-state index in [4.69, 9.17) is 91.7 Å². The van der Waals surface area contributed by atoms with E-state index < -0.39 is 0 Å². The summed E-state index contributed by atoms with van der Waals surface area (Å²) in [6.45, 7) is 4.39. The predicted octanol–water partition coefficient (Wildman–Crippen LogP) is 6.50. The van der Waals surface area contributed by atoms with Crippen molar-refractivity contribution in [3.8, 4) is 0 Å². The fraction of sp³-hybridized carbons (Fsp3) is 0.182. The standard InChI is InChI=1S/C13H18N6.2C12H16N6.2C11H14N6.2C10H12N6.C9H10N6/c1-19(13-17-11(14)16-12(15)18-13)9-5-8-10-6-3-2-4-7-10;1-18(8-7-9-5-3-2-4-6-9)12-16-10(13)15-11(14)17-12;13-10-16-11(14)18-12(17-10)15-8-4-7-9-5-2-1-3-6-9;1-17(7-8-5-3-2-4-6-8)11-15-9(12)14-10(13)16-11;12-9-15-10(13)17-11(16-9)14-7-6-8-4-2-1-3-5-8;1-16(7-5-3-2-4-6-7)10-14-8(11)13-9(12)15-10;11-8-14-9(12)16-10(15-8)13-6-7-4-2-1-3-5-7;10-7-13-8(11)15-9(14-7)12-6-4-2-1-3-5-6/h2-4,6-7H,5,8-9H2,1H3,(H4,14,15,16,17,18);2-6H,7-8H2,1H3,(H4,13,14,15,16,17);1-3,5-6H,4,7-8H2,(H5,13,14,15,16,17,18);2-6H,7H2,1H3,(H4,12,13,14,15,16);1-5H,6-7H2,(H5,12,13,14,15,16,17);2-6H,1H3,(H4,11,12,13,14,15);1-5H,6H2,(H5,11,12,13,14,15,16);1-5H,(H5,10,11,12,13,14,15). The fourth-order valence-corrected chi connectivity index (χ4v) is 11.7. The Morgan fingerprint density at radius 2 is 0.471 bits per heavy atom. The number of nitrogens with two attached hydrogens (primary N) is 16. The highest BCUT2D eigenvalue weighted by molar-refractivity contribution is 5.58. The molecule has 0 aliphatic rings. The monoisotopic (exact) mass is 1840 g/mol. The lowest BCUT2D eigenvalue weighted by atomic mass is 10.1. The molecule has 0 aliphatic carbocycles. The van der Waals surface area contributed by atoms with Crippen molar-refractivity contribution in [3.05, 3.63) is 276 Å². The Kier molecular flexibility index (Phi) is 39.8. The van der Waals surface area contributed by atoms with E-state index in [9.17, 15) is 0 Å². The molecule has 0 atom stereocenters. The van der Waals surface area contributed by atoms with Crippen LogP contribution in [0.2, 0.25) is 0 Å². The number of likely N-dealkylation sites (N-methyl/N-ethyl adjacent to an activating group) is 1. The van der Waals surface area contributed by atoms with Crippen LogP contribution >= 0.6 is 0 Å². The number of rotatable bonds is 28. The lowest BCUT2D eigenvalue weighted by Crippen LogP contribution is -2.23. The normalized spacial score (nSPS) is 10.1. The molecule has 0 aliphatic heterocycles. The smallest absolute Gasteiger partial charge is 0.236 e. The zero-order chi connectivity index (χ0) is 97.4. The summed E-state index contributed by atoms with van der Waals surface area (Å²) in [6.07, 6.45) is 5.79. The minimum atomic E-state index is 0.0981. The van der Waals surface area contributed by atoms with Crippen LogP contribution in [0.25, 0.3) is 0 Å². The first-order chi connectivity index (χ1) is 65.6. The first-order valence-corrected chi connectivity index (χ1v) is 41.9. The highest BCUT2D eigenvalue weighted by Crippen LogP contribution is 2.22. The van der Waals surface area contributed by atoms with E-state index in [2.05, 4.69) is 189 Å². The van der Waals surface area contributed by atoms with Crippen molar-refractivity contribution in [2.45, 2.75) is 51.6 Å². The van der Waals surface area contributed by atoms with E-state index >= 15 is 0 Å². The van der Waals surface area contributed by atoms with Crippen molar-refractivity contribution >= 4 is 154 Å². The molecule has 8 heterocycles. The van der Waals surface area contributed by atoms with Gasteiger partial charge in [0, 0.05) is 78.8 Å². The van der Waals surface area contributed by atoms with Gasteiger partial charge < -0.3 is 133 Å². The number of nitrogen functional groups attached to an aromatic ring is 16. The van der Waals surface area contributed by atoms with E-state index in [1.54, 1.807) is 4.90 Å². The van der Waals surface area contributed by atoms with E-state index in [1.165, 1.54) is 22.3 Å². The maximum Gasteiger partial charge on any atom is 0.236 e. The van der Waals surface area contributed by atoms with Gasteiger partial charge in [0.25, 0.3) is 0 Å². The van der Waals surface area contributed by atoms with Crippen LogP contribution in [0.1, 0.15) is 46.2 Å². The average Bonchev–Trinajstić information content (AvgIpc) is 0.845. The second-order valence-corrected chi connectivity index (χ2v) is 28.8. The number of para-hydroxylation sites is 2. The number of aryl methyl sites for hydroxylation is 2. The van der Waals surface area contributed by atoms with Gasteiger partial charge in [-0.3, -0.25) is 0 Å². The number of hydrogen-bond donors (Lipinski definition) is 20. The van der Waals surface area contributed by atoms with Crippen LogP contribution in [0.5, 0.6) is 0 Å². The van der Waals surface area contributed by atoms with Gasteiger partial charge in [-0.25, -0.2) is 0 Å². The van der Waals surface area contributed by atoms with Gasteiger partial charge in [-0.15, -0.1) is 0 Å². The molecule has 16 aromatic rings. The van der Waals surface area contributed by atoms with Gasteiger partial charge in [0.2, 0.25) is 143 Å². The number of benzene rings is 8. The molecule has 0 bridgehead atoms. The first kappa shape index (κ1) is 101. The van der Waals surface area contributed by atoms with E-state index in [1.807, 2.05) is 237 Å². The van der Waals surface area contributed by atoms with Crippen LogP contribution in [0, 0.1) is 0 Å². The maximum absolute atomic E-state index is 5.55. The van der Waals surface area contributed by atoms with Crippen molar-refractivity contribution in [1.29, 1.82) is 0 Å². The molecule has 0 spiro atoms. The summed E-state index contributed by atoms with van der Waals surface area (Å²) in [5, 5.41) is 12.1. The largest absolute Gasteiger partial charge is 0.368 e. The summed E-state index contributed by atoms with van der Waals surface area (Å²) >= 11 is 0. The molecule has 704 valence electrons. The Labute approximate surface area is 784 Å². The second kappa shape index (κ2) is 53.7. The lowest BCUT2D eigenvalue weighted by Gasteiger charge is -2.17. The van der Waals surface area contributed by atoms with Gasteiger partial charge in [0.1, 0.15) is 0 Å². The second-order valence-electron chi connectivity index (χ2n) is 28.8. The van der Waals surface area contributed by atoms with Crippen LogP contribution in [-0.2, 0) is 38.8 Å². The Hall–Kier alpha value is -19.0. The van der Waals surface area contributed by atoms with Crippen LogP contribution in [-0.4, -0.2) is 174 Å². The molecule has 0 saturated carbocycles. The first-order valence-electron chi connectivity index (χ1n) is 41.9. The Morgan fingerprint density at radius 3 is 0.831 bits per heavy atom. The molecule has 16 rings (SSSR count). The summed E-state index contributed by atoms with van der Waals surface area (Å²) < 4.78 is 0. The Morgan fingerprint density at radius 1 is 0.213 bits per heavy atom. The zero-order valence-corrected chi connectivity index (χ0v) is 75.3. The molecule has 48 nitrogen and oxygen atoms in total. The van der Waals surface area contributed by atoms with Gasteiger partial charge in [-0.2, -0.15) is 120 Å². The molecule has 0 radical (unpaired) electrons. The summed E-state index contributed by atoms with van der Waals surface area (Å²) in [4.78, 5) is 101. The number of nitrogens with zero attached hydrogens (tertiary/aromatic N) is 28. The minimum Gasteiger partial charge on any atom is -0.368 e. The molecular formula is C88H112N48. The van der Waals surface area contributed by atoms with Gasteiger partial charge in [-0.05, 0) is 96.2 Å². The third kappa shape index (κ3) is 38.1. The number of aromatic nitrogens is 24. The molecular weight excluding hydrogens is 1730 g/mol. The van der Waals surface area contributed by atoms with Crippen molar-refractivity contribution in [1.82, 2.24) is 120 Å². The van der Waals surface area contributed by atoms with Crippen molar-refractivity contribution in [3.63, 3.8) is 0 Å². The maximum atomic E-state index is 5.55. The van der Waals surface area contributed by atoms with Gasteiger partial charge in [0.05, 0.1) is 0 Å². The molecule has 136 heavy (non-hydrogen) atoms. The van der Waals surface area contributed by atoms with E-state index in [0.29, 0.717) is 67.2 Å². The molecule has 0 unspecified atom stereocenters. The summed E-state index contributed by atoms with van der Waals surface area (Å²) in [6, 6.07) is 80.1. The SMILES string of the molecule is CN(CCCc1ccccc1)c1nc(N)nc(N)n1.CN(CCc1ccccc1)c1nc(N)nc(N)n1.CN(Cc1ccccc1)c1nc(N)nc(N)n1.CN(c1ccccc1)c1nc(N)nc(N)n1.Nc1nc(N)nc(NCCCc2ccccc2)n1.Nc1nc(N)nc(NCCc2ccccc2)n1.Nc1nc(N)nc(NCc2ccccc2)n1.Nc1nc(N)nc(Nc2ccccc2)n1. The van der Waals surface area contributed by atoms with Crippen LogP contribution < -0.4 is 133 Å². The number of hydrogen-bond acceptors (Lipinski definition) is 48. The Bertz CT molecular complexity index is 6030. The quantitative estimate of drug-likeness (QED) is 0.0233. The predicted molar refractivity (Wildman–Crippen MR) is 539 cm³/mol. The van der Waals surface area contributed by atoms with Crippen LogP contribution in [0.3, 0.4) is 0 Å². The molecule has 8 aromatic heterocycles. The van der Waals surface area contributed by atoms with Gasteiger partial charge in [0.15, 0.2) is 0 Å². The highest BCUT2D eigenvalue weighted by atomic mass is 15.3. The van der Waals surface area contributed by atoms with Crippen molar-refractivity contribution < 1.29 is 0 Å². The van der Waals surface area contributed by atoms with E-state index in [-0.39, 0.29) is 95.2 Å². The van der Waals surface area contributed by atoms with Crippen molar-refractivity contribution in [2.24, 2.45) is 0 Å². The molecule has 8 aromatic carbocycles. The van der Waals surface area contributed by atoms with Gasteiger partial charge >= 0.3 is 0 Å². The molecule has 0 fully saturated rings. The van der Waals surface area contributed by atoms with Crippen molar-refractivity contribution in [2.75, 3.05) is 187 Å². The Balaban J connectivity index is 0.000000174. The van der Waals surface area contributed by atoms with Crippen LogP contribution in [0.15, 0.2) is 243 Å². The number of anilines is 26. The molecule has 0 saturated heterocycles. The summed E-state index contributed by atoms with van der Waals surface area (Å²) in [5.41, 5.74) is 97.1. The van der Waals surface area contributed by atoms with Gasteiger partial charge in [-0.1, -0.05) is 218 Å². The third-order valence-electron chi connectivity index (χ3n) is 18.1. The van der Waals surface area contributed by atoms with E-state index in [0.717, 1.165) is 80.7 Å².